The van der Waals surface area contributed by atoms with Gasteiger partial charge in [-0.2, -0.15) is 0 Å². The molecule has 3 aromatic rings. The second kappa shape index (κ2) is 6.20. The highest BCUT2D eigenvalue weighted by Gasteiger charge is 2.42. The first-order valence-electron chi connectivity index (χ1n) is 9.04. The number of aliphatic imine (C=N–C) groups is 1. The summed E-state index contributed by atoms with van der Waals surface area (Å²) in [6, 6.07) is 18.4. The van der Waals surface area contributed by atoms with Crippen LogP contribution in [0.4, 0.5) is 5.69 Å². The van der Waals surface area contributed by atoms with Gasteiger partial charge in [-0.15, -0.1) is 0 Å². The number of nitrogens with zero attached hydrogens (tertiary/aromatic N) is 3. The lowest BCUT2D eigenvalue weighted by Gasteiger charge is -2.34. The normalized spacial score (nSPS) is 18.6. The molecule has 0 saturated heterocycles. The summed E-state index contributed by atoms with van der Waals surface area (Å²) in [5.74, 6) is 0.0852. The number of fused-ring (bicyclic) bond motifs is 2. The van der Waals surface area contributed by atoms with E-state index >= 15 is 0 Å². The van der Waals surface area contributed by atoms with Crippen molar-refractivity contribution in [2.45, 2.75) is 6.17 Å². The van der Waals surface area contributed by atoms with Crippen molar-refractivity contribution in [1.29, 1.82) is 0 Å². The van der Waals surface area contributed by atoms with E-state index in [0.717, 1.165) is 11.3 Å². The third-order valence-electron chi connectivity index (χ3n) is 5.28. The van der Waals surface area contributed by atoms with Crippen molar-refractivity contribution in [1.82, 2.24) is 4.90 Å². The second-order valence-corrected chi connectivity index (χ2v) is 6.80. The van der Waals surface area contributed by atoms with Gasteiger partial charge >= 0.3 is 0 Å². The summed E-state index contributed by atoms with van der Waals surface area (Å²) in [4.78, 5) is 34.0. The molecule has 2 aliphatic heterocycles. The van der Waals surface area contributed by atoms with Crippen LogP contribution in [0, 0.1) is 0 Å². The molecule has 0 spiro atoms. The number of hydrogen-bond donors (Lipinski definition) is 0. The predicted molar refractivity (Wildman–Crippen MR) is 105 cm³/mol. The molecule has 1 aromatic heterocycles. The molecule has 3 heterocycles. The summed E-state index contributed by atoms with van der Waals surface area (Å²) >= 11 is 0. The van der Waals surface area contributed by atoms with Gasteiger partial charge < -0.3 is 9.32 Å². The fourth-order valence-corrected chi connectivity index (χ4v) is 3.88. The maximum Gasteiger partial charge on any atom is 0.263 e. The number of carbonyl (C=O) groups excluding carboxylic acids is 2. The van der Waals surface area contributed by atoms with Crippen LogP contribution in [-0.2, 0) is 0 Å². The van der Waals surface area contributed by atoms with Crippen molar-refractivity contribution < 1.29 is 14.0 Å². The number of benzene rings is 2. The molecule has 2 aliphatic rings. The molecule has 28 heavy (non-hydrogen) atoms. The lowest BCUT2D eigenvalue weighted by Crippen LogP contribution is -2.51. The van der Waals surface area contributed by atoms with Gasteiger partial charge in [0.15, 0.2) is 5.76 Å². The smallest absolute Gasteiger partial charge is 0.263 e. The van der Waals surface area contributed by atoms with E-state index in [1.165, 1.54) is 4.90 Å². The van der Waals surface area contributed by atoms with Crippen LogP contribution in [0.15, 0.2) is 76.3 Å². The largest absolute Gasteiger partial charge is 0.463 e. The predicted octanol–water partition coefficient (Wildman–Crippen LogP) is 3.19. The molecule has 0 radical (unpaired) electrons. The third kappa shape index (κ3) is 2.31. The average molecular weight is 371 g/mol. The van der Waals surface area contributed by atoms with E-state index in [2.05, 4.69) is 0 Å². The number of hydrogen-bond acceptors (Lipinski definition) is 5. The van der Waals surface area contributed by atoms with E-state index in [9.17, 15) is 9.59 Å². The quantitative estimate of drug-likeness (QED) is 0.649. The number of furan rings is 1. The Morgan fingerprint density at radius 1 is 0.893 bits per heavy atom. The highest BCUT2D eigenvalue weighted by Crippen LogP contribution is 2.32. The number of carbonyl (C=O) groups is 2. The van der Waals surface area contributed by atoms with Gasteiger partial charge in [-0.25, -0.2) is 0 Å². The van der Waals surface area contributed by atoms with Crippen LogP contribution in [0.25, 0.3) is 0 Å². The molecular formula is C22H17N3O3. The lowest BCUT2D eigenvalue weighted by molar-refractivity contribution is 0.0589. The van der Waals surface area contributed by atoms with Gasteiger partial charge in [-0.3, -0.25) is 19.5 Å². The lowest BCUT2D eigenvalue weighted by atomic mass is 10.1. The highest BCUT2D eigenvalue weighted by atomic mass is 16.3. The van der Waals surface area contributed by atoms with E-state index in [1.54, 1.807) is 30.5 Å². The minimum absolute atomic E-state index is 0.257. The number of rotatable bonds is 2. The van der Waals surface area contributed by atoms with Crippen LogP contribution < -0.4 is 4.90 Å². The summed E-state index contributed by atoms with van der Waals surface area (Å²) in [6.45, 7) is 0.257. The third-order valence-corrected chi connectivity index (χ3v) is 5.28. The molecule has 138 valence electrons. The molecule has 0 aliphatic carbocycles. The van der Waals surface area contributed by atoms with Gasteiger partial charge in [-0.05, 0) is 30.3 Å². The average Bonchev–Trinajstić information content (AvgIpc) is 3.30. The Hall–Kier alpha value is -3.67. The number of imide groups is 1. The Kier molecular flexibility index (Phi) is 3.65. The minimum Gasteiger partial charge on any atom is -0.463 e. The van der Waals surface area contributed by atoms with Gasteiger partial charge in [0, 0.05) is 18.3 Å². The van der Waals surface area contributed by atoms with Crippen LogP contribution in [0.1, 0.15) is 32.0 Å². The van der Waals surface area contributed by atoms with Crippen molar-refractivity contribution in [3.63, 3.8) is 0 Å². The molecule has 0 fully saturated rings. The van der Waals surface area contributed by atoms with Crippen LogP contribution >= 0.6 is 0 Å². The fourth-order valence-electron chi connectivity index (χ4n) is 3.88. The van der Waals surface area contributed by atoms with Crippen molar-refractivity contribution in [2.24, 2.45) is 4.99 Å². The van der Waals surface area contributed by atoms with Crippen LogP contribution in [-0.4, -0.2) is 42.2 Å². The van der Waals surface area contributed by atoms with Crippen molar-refractivity contribution in [2.75, 3.05) is 18.5 Å². The Labute approximate surface area is 161 Å². The van der Waals surface area contributed by atoms with Crippen LogP contribution in [0.3, 0.4) is 0 Å². The minimum atomic E-state index is -0.527. The zero-order valence-electron chi connectivity index (χ0n) is 15.2. The topological polar surface area (TPSA) is 66.1 Å². The molecule has 0 N–H and O–H groups in total. The maximum absolute atomic E-state index is 13.0. The summed E-state index contributed by atoms with van der Waals surface area (Å²) in [5.41, 5.74) is 3.38. The SMILES string of the molecule is CN1c2ccccc2C(c2ccco2)=NCC1N1C(=O)c2ccccc2C1=O. The number of benzodiazepines with no additional fused rings is 1. The molecule has 2 amide bonds. The summed E-state index contributed by atoms with van der Waals surface area (Å²) < 4.78 is 5.58. The zero-order chi connectivity index (χ0) is 19.3. The monoisotopic (exact) mass is 371 g/mol. The van der Waals surface area contributed by atoms with E-state index in [1.807, 2.05) is 48.3 Å². The van der Waals surface area contributed by atoms with Crippen LogP contribution in [0.2, 0.25) is 0 Å². The van der Waals surface area contributed by atoms with E-state index in [-0.39, 0.29) is 18.4 Å². The van der Waals surface area contributed by atoms with Gasteiger partial charge in [0.1, 0.15) is 11.9 Å². The van der Waals surface area contributed by atoms with Gasteiger partial charge in [0.05, 0.1) is 23.9 Å². The van der Waals surface area contributed by atoms with Crippen molar-refractivity contribution >= 4 is 23.2 Å². The van der Waals surface area contributed by atoms with Crippen molar-refractivity contribution in [3.8, 4) is 0 Å². The second-order valence-electron chi connectivity index (χ2n) is 6.80. The van der Waals surface area contributed by atoms with Crippen LogP contribution in [0.5, 0.6) is 0 Å². The molecule has 1 atom stereocenters. The number of likely N-dealkylation sites (N-methyl/N-ethyl adjacent to an activating group) is 1. The number of para-hydroxylation sites is 1. The van der Waals surface area contributed by atoms with Gasteiger partial charge in [0.25, 0.3) is 11.8 Å². The summed E-state index contributed by atoms with van der Waals surface area (Å²) in [7, 11) is 1.88. The Morgan fingerprint density at radius 3 is 2.18 bits per heavy atom. The number of amides is 2. The standard InChI is InChI=1S/C22H17N3O3/c1-24-17-10-5-4-9-16(17)20(18-11-6-12-28-18)23-13-19(24)25-21(26)14-7-2-3-8-15(14)22(25)27/h2-12,19H,13H2,1H3. The highest BCUT2D eigenvalue weighted by molar-refractivity contribution is 6.22. The Balaban J connectivity index is 1.62. The molecule has 2 aromatic carbocycles. The first-order valence-corrected chi connectivity index (χ1v) is 9.04. The molecule has 0 bridgehead atoms. The van der Waals surface area contributed by atoms with Gasteiger partial charge in [0.2, 0.25) is 0 Å². The molecule has 5 rings (SSSR count). The molecule has 6 heteroatoms. The Bertz CT molecular complexity index is 1080. The van der Waals surface area contributed by atoms with E-state index in [0.29, 0.717) is 22.6 Å². The fraction of sp³-hybridized carbons (Fsp3) is 0.136. The first kappa shape index (κ1) is 16.5. The van der Waals surface area contributed by atoms with E-state index < -0.39 is 6.17 Å². The maximum atomic E-state index is 13.0. The molecular weight excluding hydrogens is 354 g/mol. The molecule has 0 saturated carbocycles. The van der Waals surface area contributed by atoms with Gasteiger partial charge in [-0.1, -0.05) is 30.3 Å². The number of anilines is 1. The summed E-state index contributed by atoms with van der Waals surface area (Å²) in [6.07, 6.45) is 1.08. The van der Waals surface area contributed by atoms with E-state index in [4.69, 9.17) is 9.41 Å². The first-order chi connectivity index (χ1) is 13.7. The summed E-state index contributed by atoms with van der Waals surface area (Å²) in [5, 5.41) is 0. The molecule has 1 unspecified atom stereocenters. The zero-order valence-corrected chi connectivity index (χ0v) is 15.2. The van der Waals surface area contributed by atoms with Crippen molar-refractivity contribution in [3.05, 3.63) is 89.4 Å². The molecule has 6 nitrogen and oxygen atoms in total. The Morgan fingerprint density at radius 2 is 1.54 bits per heavy atom.